The zero-order valence-electron chi connectivity index (χ0n) is 27.8. The van der Waals surface area contributed by atoms with Crippen LogP contribution in [0, 0.1) is 5.92 Å². The van der Waals surface area contributed by atoms with Crippen molar-refractivity contribution in [2.75, 3.05) is 35.9 Å². The molecule has 0 radical (unpaired) electrons. The molecule has 0 spiro atoms. The number of nitrogens with zero attached hydrogens (tertiary/aromatic N) is 2. The molecule has 1 N–H and O–H groups in total. The normalized spacial score (nSPS) is 14.5. The van der Waals surface area contributed by atoms with Crippen LogP contribution in [-0.2, 0) is 29.1 Å². The fourth-order valence-corrected chi connectivity index (χ4v) is 8.11. The minimum absolute atomic E-state index is 0.0410. The number of sulfonamides is 1. The number of rotatable bonds is 10. The second-order valence-electron chi connectivity index (χ2n) is 12.6. The number of benzene rings is 4. The summed E-state index contributed by atoms with van der Waals surface area (Å²) in [5, 5.41) is 3.13. The van der Waals surface area contributed by atoms with E-state index in [2.05, 4.69) is 29.6 Å². The molecule has 10 nitrogen and oxygen atoms in total. The van der Waals surface area contributed by atoms with E-state index in [1.807, 2.05) is 24.3 Å². The van der Waals surface area contributed by atoms with Gasteiger partial charge in [0.15, 0.2) is 0 Å². The molecule has 1 heterocycles. The van der Waals surface area contributed by atoms with Gasteiger partial charge in [-0.1, -0.05) is 72.3 Å². The first-order valence-corrected chi connectivity index (χ1v) is 18.3. The Morgan fingerprint density at radius 3 is 2.16 bits per heavy atom. The molecule has 0 atom stereocenters. The van der Waals surface area contributed by atoms with E-state index in [-0.39, 0.29) is 40.6 Å². The SMILES string of the molecule is CC(C)OC(=O)CN(c1cccc(Cl)c1)S(=O)(=O)c1cccc(NC(=O)C2CCN(C(=O)OCC3c4ccccc4-c4ccccc43)CC2)c1. The van der Waals surface area contributed by atoms with Crippen molar-refractivity contribution in [2.45, 2.75) is 43.6 Å². The Hall–Kier alpha value is -4.87. The lowest BCUT2D eigenvalue weighted by Crippen LogP contribution is -2.42. The third-order valence-electron chi connectivity index (χ3n) is 8.89. The summed E-state index contributed by atoms with van der Waals surface area (Å²) in [6, 6.07) is 28.3. The van der Waals surface area contributed by atoms with E-state index in [0.29, 0.717) is 31.0 Å². The van der Waals surface area contributed by atoms with Crippen LogP contribution in [0.1, 0.15) is 43.7 Å². The number of ether oxygens (including phenoxy) is 2. The quantitative estimate of drug-likeness (QED) is 0.174. The Morgan fingerprint density at radius 1 is 0.880 bits per heavy atom. The van der Waals surface area contributed by atoms with Crippen LogP contribution in [0.5, 0.6) is 0 Å². The first-order valence-electron chi connectivity index (χ1n) is 16.5. The van der Waals surface area contributed by atoms with Crippen LogP contribution >= 0.6 is 11.6 Å². The van der Waals surface area contributed by atoms with Gasteiger partial charge in [-0.25, -0.2) is 13.2 Å². The zero-order chi connectivity index (χ0) is 35.4. The van der Waals surface area contributed by atoms with E-state index >= 15 is 0 Å². The molecule has 1 aliphatic heterocycles. The van der Waals surface area contributed by atoms with Gasteiger partial charge >= 0.3 is 12.1 Å². The lowest BCUT2D eigenvalue weighted by atomic mass is 9.96. The van der Waals surface area contributed by atoms with Gasteiger partial charge in [0.2, 0.25) is 5.91 Å². The maximum absolute atomic E-state index is 13.9. The Bertz CT molecular complexity index is 1970. The van der Waals surface area contributed by atoms with Gasteiger partial charge < -0.3 is 19.7 Å². The highest BCUT2D eigenvalue weighted by molar-refractivity contribution is 7.92. The summed E-state index contributed by atoms with van der Waals surface area (Å²) in [5.41, 5.74) is 5.06. The van der Waals surface area contributed by atoms with Gasteiger partial charge in [-0.2, -0.15) is 0 Å². The molecular formula is C38H38ClN3O7S. The molecule has 4 aromatic rings. The summed E-state index contributed by atoms with van der Waals surface area (Å²) >= 11 is 6.15. The maximum Gasteiger partial charge on any atom is 0.409 e. The first-order chi connectivity index (χ1) is 24.0. The van der Waals surface area contributed by atoms with E-state index in [9.17, 15) is 22.8 Å². The van der Waals surface area contributed by atoms with E-state index in [4.69, 9.17) is 21.1 Å². The van der Waals surface area contributed by atoms with Crippen LogP contribution in [0.4, 0.5) is 16.2 Å². The number of esters is 1. The summed E-state index contributed by atoms with van der Waals surface area (Å²) in [7, 11) is -4.28. The lowest BCUT2D eigenvalue weighted by Gasteiger charge is -2.31. The molecule has 1 fully saturated rings. The number of hydrogen-bond donors (Lipinski definition) is 1. The van der Waals surface area contributed by atoms with Crippen molar-refractivity contribution in [3.63, 3.8) is 0 Å². The smallest absolute Gasteiger partial charge is 0.409 e. The summed E-state index contributed by atoms with van der Waals surface area (Å²) in [6.07, 6.45) is 0.00386. The molecule has 6 rings (SSSR count). The largest absolute Gasteiger partial charge is 0.462 e. The number of amides is 2. The van der Waals surface area contributed by atoms with Crippen LogP contribution < -0.4 is 9.62 Å². The Morgan fingerprint density at radius 2 is 1.52 bits per heavy atom. The number of carbonyl (C=O) groups is 3. The Balaban J connectivity index is 1.07. The molecule has 1 aliphatic carbocycles. The molecule has 50 heavy (non-hydrogen) atoms. The third kappa shape index (κ3) is 7.64. The maximum atomic E-state index is 13.9. The van der Waals surface area contributed by atoms with Gasteiger partial charge in [0.05, 0.1) is 16.7 Å². The zero-order valence-corrected chi connectivity index (χ0v) is 29.3. The van der Waals surface area contributed by atoms with Gasteiger partial charge in [-0.15, -0.1) is 0 Å². The van der Waals surface area contributed by atoms with E-state index in [1.54, 1.807) is 36.9 Å². The van der Waals surface area contributed by atoms with Gasteiger partial charge in [0.1, 0.15) is 13.2 Å². The monoisotopic (exact) mass is 715 g/mol. The number of anilines is 2. The van der Waals surface area contributed by atoms with Crippen LogP contribution in [-0.4, -0.2) is 63.6 Å². The molecule has 0 bridgehead atoms. The fourth-order valence-electron chi connectivity index (χ4n) is 6.48. The van der Waals surface area contributed by atoms with Crippen molar-refractivity contribution in [3.05, 3.63) is 113 Å². The number of fused-ring (bicyclic) bond motifs is 3. The molecule has 0 unspecified atom stereocenters. The highest BCUT2D eigenvalue weighted by Gasteiger charge is 2.33. The standard InChI is InChI=1S/C38H38ClN3O7S/c1-25(2)49-36(43)23-42(29-11-7-9-27(39)21-29)50(46,47)30-12-8-10-28(22-30)40-37(44)26-17-19-41(20-18-26)38(45)48-24-35-33-15-5-3-13-31(33)32-14-4-6-16-34(32)35/h3-16,21-22,25-26,35H,17-20,23-24H2,1-2H3,(H,40,44). The lowest BCUT2D eigenvalue weighted by molar-refractivity contribution is -0.145. The van der Waals surface area contributed by atoms with E-state index in [0.717, 1.165) is 26.6 Å². The number of hydrogen-bond acceptors (Lipinski definition) is 7. The molecule has 1 saturated heterocycles. The minimum atomic E-state index is -4.28. The molecule has 260 valence electrons. The average Bonchev–Trinajstić information content (AvgIpc) is 3.43. The summed E-state index contributed by atoms with van der Waals surface area (Å²) in [5.74, 6) is -1.43. The molecule has 12 heteroatoms. The van der Waals surface area contributed by atoms with Crippen molar-refractivity contribution >= 4 is 51.0 Å². The molecule has 0 saturated carbocycles. The molecule has 2 aliphatic rings. The topological polar surface area (TPSA) is 122 Å². The van der Waals surface area contributed by atoms with E-state index in [1.165, 1.54) is 30.3 Å². The van der Waals surface area contributed by atoms with E-state index < -0.39 is 34.7 Å². The van der Waals surface area contributed by atoms with Crippen molar-refractivity contribution in [2.24, 2.45) is 5.92 Å². The summed E-state index contributed by atoms with van der Waals surface area (Å²) in [6.45, 7) is 3.70. The number of nitrogens with one attached hydrogen (secondary N) is 1. The highest BCUT2D eigenvalue weighted by atomic mass is 35.5. The van der Waals surface area contributed by atoms with Crippen molar-refractivity contribution in [3.8, 4) is 11.1 Å². The molecule has 0 aromatic heterocycles. The van der Waals surface area contributed by atoms with Gasteiger partial charge in [-0.3, -0.25) is 13.9 Å². The summed E-state index contributed by atoms with van der Waals surface area (Å²) in [4.78, 5) is 40.5. The number of piperidine rings is 1. The first kappa shape index (κ1) is 35.0. The van der Waals surface area contributed by atoms with Gasteiger partial charge in [0, 0.05) is 35.6 Å². The number of likely N-dealkylation sites (tertiary alicyclic amines) is 1. The number of carbonyl (C=O) groups excluding carboxylic acids is 3. The average molecular weight is 716 g/mol. The van der Waals surface area contributed by atoms with Crippen LogP contribution in [0.2, 0.25) is 5.02 Å². The minimum Gasteiger partial charge on any atom is -0.462 e. The van der Waals surface area contributed by atoms with Gasteiger partial charge in [-0.05, 0) is 85.3 Å². The molecule has 4 aromatic carbocycles. The predicted octanol–water partition coefficient (Wildman–Crippen LogP) is 7.09. The van der Waals surface area contributed by atoms with Crippen LogP contribution in [0.25, 0.3) is 11.1 Å². The second kappa shape index (κ2) is 14.9. The third-order valence-corrected chi connectivity index (χ3v) is 10.9. The van der Waals surface area contributed by atoms with Crippen LogP contribution in [0.15, 0.2) is 102 Å². The number of halogens is 1. The van der Waals surface area contributed by atoms with Gasteiger partial charge in [0.25, 0.3) is 10.0 Å². The predicted molar refractivity (Wildman–Crippen MR) is 192 cm³/mol. The van der Waals surface area contributed by atoms with Crippen molar-refractivity contribution < 1.29 is 32.3 Å². The molecular weight excluding hydrogens is 678 g/mol. The van der Waals surface area contributed by atoms with Crippen molar-refractivity contribution in [1.29, 1.82) is 0 Å². The Kier molecular flexibility index (Phi) is 10.4. The highest BCUT2D eigenvalue weighted by Crippen LogP contribution is 2.44. The summed E-state index contributed by atoms with van der Waals surface area (Å²) < 4.78 is 39.7. The second-order valence-corrected chi connectivity index (χ2v) is 14.9. The van der Waals surface area contributed by atoms with Crippen LogP contribution in [0.3, 0.4) is 0 Å². The fraction of sp³-hybridized carbons (Fsp3) is 0.289. The van der Waals surface area contributed by atoms with Crippen molar-refractivity contribution in [1.82, 2.24) is 4.90 Å². The Labute approximate surface area is 297 Å². The molecule has 2 amide bonds.